The second-order valence-electron chi connectivity index (χ2n) is 2.69. The summed E-state index contributed by atoms with van der Waals surface area (Å²) in [6.07, 6.45) is 5.01. The molecule has 1 aromatic heterocycles. The molecule has 3 N–H and O–H groups in total. The fourth-order valence-corrected chi connectivity index (χ4v) is 1.04. The standard InChI is InChI=1S/C9H13N3/c1-2-3-8(10)7-6-12-5-4-9(7)11/h4-6,10H,2-3H2,1H3,(H2,11,12). The van der Waals surface area contributed by atoms with Crippen molar-refractivity contribution in [3.63, 3.8) is 0 Å². The number of nitrogens with two attached hydrogens (primary N) is 1. The molecule has 0 aliphatic carbocycles. The molecule has 0 saturated heterocycles. The van der Waals surface area contributed by atoms with Gasteiger partial charge in [-0.3, -0.25) is 4.98 Å². The number of hydrogen-bond donors (Lipinski definition) is 2. The maximum atomic E-state index is 7.65. The number of nitrogens with one attached hydrogen (secondary N) is 1. The van der Waals surface area contributed by atoms with E-state index in [-0.39, 0.29) is 0 Å². The Morgan fingerprint density at radius 1 is 1.67 bits per heavy atom. The van der Waals surface area contributed by atoms with Crippen LogP contribution in [0.5, 0.6) is 0 Å². The molecule has 3 nitrogen and oxygen atoms in total. The minimum atomic E-state index is 0.572. The number of anilines is 1. The number of nitrogen functional groups attached to an aromatic ring is 1. The summed E-state index contributed by atoms with van der Waals surface area (Å²) < 4.78 is 0. The predicted octanol–water partition coefficient (Wildman–Crippen LogP) is 1.83. The molecule has 0 spiro atoms. The zero-order chi connectivity index (χ0) is 8.97. The summed E-state index contributed by atoms with van der Waals surface area (Å²) in [5.41, 5.74) is 7.65. The maximum absolute atomic E-state index is 7.65. The molecule has 0 aliphatic rings. The van der Waals surface area contributed by atoms with E-state index in [2.05, 4.69) is 4.98 Å². The first-order valence-corrected chi connectivity index (χ1v) is 4.03. The van der Waals surface area contributed by atoms with Crippen LogP contribution in [0.1, 0.15) is 25.3 Å². The van der Waals surface area contributed by atoms with Crippen molar-refractivity contribution < 1.29 is 0 Å². The van der Waals surface area contributed by atoms with Gasteiger partial charge in [0.25, 0.3) is 0 Å². The Labute approximate surface area is 72.1 Å². The van der Waals surface area contributed by atoms with Crippen molar-refractivity contribution in [2.75, 3.05) is 5.73 Å². The molecule has 64 valence electrons. The van der Waals surface area contributed by atoms with E-state index in [1.165, 1.54) is 0 Å². The van der Waals surface area contributed by atoms with Crippen LogP contribution >= 0.6 is 0 Å². The molecule has 0 bridgehead atoms. The molecule has 3 heteroatoms. The van der Waals surface area contributed by atoms with Crippen LogP contribution in [0, 0.1) is 5.41 Å². The van der Waals surface area contributed by atoms with Gasteiger partial charge in [0.1, 0.15) is 0 Å². The molecule has 0 radical (unpaired) electrons. The van der Waals surface area contributed by atoms with Crippen LogP contribution in [0.2, 0.25) is 0 Å². The topological polar surface area (TPSA) is 62.8 Å². The highest BCUT2D eigenvalue weighted by molar-refractivity contribution is 6.02. The van der Waals surface area contributed by atoms with Crippen molar-refractivity contribution in [1.82, 2.24) is 4.98 Å². The third-order valence-electron chi connectivity index (χ3n) is 1.68. The zero-order valence-corrected chi connectivity index (χ0v) is 7.17. The van der Waals surface area contributed by atoms with E-state index in [0.717, 1.165) is 18.4 Å². The number of pyridine rings is 1. The molecule has 0 aromatic carbocycles. The van der Waals surface area contributed by atoms with Crippen molar-refractivity contribution >= 4 is 11.4 Å². The summed E-state index contributed by atoms with van der Waals surface area (Å²) in [7, 11) is 0. The number of aromatic nitrogens is 1. The highest BCUT2D eigenvalue weighted by atomic mass is 14.7. The first kappa shape index (κ1) is 8.71. The summed E-state index contributed by atoms with van der Waals surface area (Å²) in [6, 6.07) is 1.72. The minimum Gasteiger partial charge on any atom is -0.398 e. The molecule has 0 aliphatic heterocycles. The summed E-state index contributed by atoms with van der Waals surface area (Å²) in [5, 5.41) is 7.65. The van der Waals surface area contributed by atoms with Crippen molar-refractivity contribution in [3.8, 4) is 0 Å². The average Bonchev–Trinajstić information content (AvgIpc) is 2.05. The number of hydrogen-bond acceptors (Lipinski definition) is 3. The second-order valence-corrected chi connectivity index (χ2v) is 2.69. The Morgan fingerprint density at radius 3 is 3.00 bits per heavy atom. The lowest BCUT2D eigenvalue weighted by atomic mass is 10.1. The number of nitrogens with zero attached hydrogens (tertiary/aromatic N) is 1. The van der Waals surface area contributed by atoms with Gasteiger partial charge in [-0.25, -0.2) is 0 Å². The van der Waals surface area contributed by atoms with Gasteiger partial charge in [-0.2, -0.15) is 0 Å². The first-order valence-electron chi connectivity index (χ1n) is 4.03. The van der Waals surface area contributed by atoms with Gasteiger partial charge < -0.3 is 11.1 Å². The Kier molecular flexibility index (Phi) is 2.80. The fourth-order valence-electron chi connectivity index (χ4n) is 1.04. The molecule has 0 fully saturated rings. The molecule has 12 heavy (non-hydrogen) atoms. The Bertz CT molecular complexity index is 281. The molecule has 0 unspecified atom stereocenters. The number of rotatable bonds is 3. The van der Waals surface area contributed by atoms with Gasteiger partial charge in [-0.1, -0.05) is 13.3 Å². The van der Waals surface area contributed by atoms with E-state index in [9.17, 15) is 0 Å². The van der Waals surface area contributed by atoms with E-state index in [0.29, 0.717) is 11.4 Å². The zero-order valence-electron chi connectivity index (χ0n) is 7.17. The van der Waals surface area contributed by atoms with Crippen LogP contribution < -0.4 is 5.73 Å². The van der Waals surface area contributed by atoms with E-state index >= 15 is 0 Å². The van der Waals surface area contributed by atoms with Gasteiger partial charge >= 0.3 is 0 Å². The summed E-state index contributed by atoms with van der Waals surface area (Å²) in [6.45, 7) is 2.04. The SMILES string of the molecule is CCCC(=N)c1cnccc1N. The van der Waals surface area contributed by atoms with Crippen LogP contribution in [0.25, 0.3) is 0 Å². The van der Waals surface area contributed by atoms with E-state index in [4.69, 9.17) is 11.1 Å². The van der Waals surface area contributed by atoms with E-state index < -0.39 is 0 Å². The van der Waals surface area contributed by atoms with Crippen LogP contribution in [-0.2, 0) is 0 Å². The van der Waals surface area contributed by atoms with Gasteiger partial charge in [0.05, 0.1) is 0 Å². The van der Waals surface area contributed by atoms with Crippen LogP contribution in [0.4, 0.5) is 5.69 Å². The van der Waals surface area contributed by atoms with Gasteiger partial charge in [0.2, 0.25) is 0 Å². The molecule has 1 rings (SSSR count). The van der Waals surface area contributed by atoms with E-state index in [1.54, 1.807) is 18.5 Å². The first-order chi connectivity index (χ1) is 5.75. The molecule has 0 amide bonds. The lowest BCUT2D eigenvalue weighted by Crippen LogP contribution is -2.03. The third-order valence-corrected chi connectivity index (χ3v) is 1.68. The van der Waals surface area contributed by atoms with Crippen molar-refractivity contribution in [3.05, 3.63) is 24.0 Å². The molecule has 0 saturated carbocycles. The molecule has 1 aromatic rings. The maximum Gasteiger partial charge on any atom is 0.0436 e. The largest absolute Gasteiger partial charge is 0.398 e. The third kappa shape index (κ3) is 1.81. The van der Waals surface area contributed by atoms with Crippen molar-refractivity contribution in [2.24, 2.45) is 0 Å². The van der Waals surface area contributed by atoms with Gasteiger partial charge in [-0.15, -0.1) is 0 Å². The molecular weight excluding hydrogens is 150 g/mol. The van der Waals surface area contributed by atoms with E-state index in [1.807, 2.05) is 6.92 Å². The summed E-state index contributed by atoms with van der Waals surface area (Å²) in [4.78, 5) is 3.93. The lowest BCUT2D eigenvalue weighted by Gasteiger charge is -2.04. The monoisotopic (exact) mass is 163 g/mol. The molecular formula is C9H13N3. The highest BCUT2D eigenvalue weighted by Crippen LogP contribution is 2.11. The lowest BCUT2D eigenvalue weighted by molar-refractivity contribution is 0.985. The van der Waals surface area contributed by atoms with Crippen molar-refractivity contribution in [2.45, 2.75) is 19.8 Å². The Morgan fingerprint density at radius 2 is 2.42 bits per heavy atom. The fraction of sp³-hybridized carbons (Fsp3) is 0.333. The van der Waals surface area contributed by atoms with Crippen LogP contribution in [-0.4, -0.2) is 10.7 Å². The predicted molar refractivity (Wildman–Crippen MR) is 50.4 cm³/mol. The molecule has 0 atom stereocenters. The van der Waals surface area contributed by atoms with Crippen molar-refractivity contribution in [1.29, 1.82) is 5.41 Å². The van der Waals surface area contributed by atoms with Crippen LogP contribution in [0.3, 0.4) is 0 Å². The Hall–Kier alpha value is -1.38. The average molecular weight is 163 g/mol. The van der Waals surface area contributed by atoms with Crippen LogP contribution in [0.15, 0.2) is 18.5 Å². The normalized spacial score (nSPS) is 9.75. The van der Waals surface area contributed by atoms with Gasteiger partial charge in [0.15, 0.2) is 0 Å². The molecule has 1 heterocycles. The van der Waals surface area contributed by atoms with Gasteiger partial charge in [-0.05, 0) is 12.5 Å². The Balaban J connectivity index is 2.87. The quantitative estimate of drug-likeness (QED) is 0.668. The van der Waals surface area contributed by atoms with Gasteiger partial charge in [0, 0.05) is 29.4 Å². The highest BCUT2D eigenvalue weighted by Gasteiger charge is 2.03. The minimum absolute atomic E-state index is 0.572. The summed E-state index contributed by atoms with van der Waals surface area (Å²) >= 11 is 0. The second kappa shape index (κ2) is 3.85. The smallest absolute Gasteiger partial charge is 0.0436 e. The summed E-state index contributed by atoms with van der Waals surface area (Å²) in [5.74, 6) is 0.